The maximum absolute atomic E-state index is 11.1. The highest BCUT2D eigenvalue weighted by Gasteiger charge is 2.21. The SMILES string of the molecule is Cc1cc(-c2occc2[N+](=O)[O-])c2cccc(C)c2n1. The van der Waals surface area contributed by atoms with Crippen molar-refractivity contribution in [2.45, 2.75) is 13.8 Å². The zero-order valence-corrected chi connectivity index (χ0v) is 11.1. The number of rotatable bonds is 2. The van der Waals surface area contributed by atoms with Crippen LogP contribution in [0, 0.1) is 24.0 Å². The van der Waals surface area contributed by atoms with E-state index in [1.165, 1.54) is 12.3 Å². The lowest BCUT2D eigenvalue weighted by molar-refractivity contribution is -0.384. The third-order valence-electron chi connectivity index (χ3n) is 3.26. The van der Waals surface area contributed by atoms with Crippen molar-refractivity contribution in [3.05, 3.63) is 58.0 Å². The van der Waals surface area contributed by atoms with Crippen molar-refractivity contribution in [2.75, 3.05) is 0 Å². The maximum atomic E-state index is 11.1. The Hall–Kier alpha value is -2.69. The average molecular weight is 268 g/mol. The summed E-state index contributed by atoms with van der Waals surface area (Å²) in [5, 5.41) is 11.9. The highest BCUT2D eigenvalue weighted by molar-refractivity contribution is 5.96. The molecule has 5 heteroatoms. The lowest BCUT2D eigenvalue weighted by Gasteiger charge is -2.07. The normalized spacial score (nSPS) is 10.9. The van der Waals surface area contributed by atoms with Crippen molar-refractivity contribution >= 4 is 16.6 Å². The van der Waals surface area contributed by atoms with E-state index in [9.17, 15) is 10.1 Å². The minimum Gasteiger partial charge on any atom is -0.457 e. The van der Waals surface area contributed by atoms with E-state index in [-0.39, 0.29) is 11.4 Å². The molecule has 0 N–H and O–H groups in total. The molecule has 3 aromatic rings. The molecule has 5 nitrogen and oxygen atoms in total. The number of pyridine rings is 1. The lowest BCUT2D eigenvalue weighted by atomic mass is 10.0. The van der Waals surface area contributed by atoms with Crippen LogP contribution in [-0.2, 0) is 0 Å². The molecule has 0 fully saturated rings. The molecule has 0 atom stereocenters. The quantitative estimate of drug-likeness (QED) is 0.520. The molecule has 0 saturated carbocycles. The second-order valence-corrected chi connectivity index (χ2v) is 4.67. The number of benzene rings is 1. The summed E-state index contributed by atoms with van der Waals surface area (Å²) in [5.41, 5.74) is 3.34. The highest BCUT2D eigenvalue weighted by Crippen LogP contribution is 2.36. The fourth-order valence-electron chi connectivity index (χ4n) is 2.36. The third kappa shape index (κ3) is 1.84. The molecule has 0 radical (unpaired) electrons. The Kier molecular flexibility index (Phi) is 2.75. The van der Waals surface area contributed by atoms with Gasteiger partial charge >= 0.3 is 5.69 Å². The van der Waals surface area contributed by atoms with Crippen molar-refractivity contribution in [1.29, 1.82) is 0 Å². The van der Waals surface area contributed by atoms with Gasteiger partial charge in [-0.3, -0.25) is 15.1 Å². The minimum absolute atomic E-state index is 0.0293. The van der Waals surface area contributed by atoms with E-state index in [2.05, 4.69) is 4.98 Å². The van der Waals surface area contributed by atoms with Crippen LogP contribution in [0.1, 0.15) is 11.3 Å². The van der Waals surface area contributed by atoms with Crippen LogP contribution in [0.25, 0.3) is 22.2 Å². The molecule has 0 bridgehead atoms. The van der Waals surface area contributed by atoms with E-state index in [0.29, 0.717) is 5.56 Å². The van der Waals surface area contributed by atoms with Crippen LogP contribution in [0.15, 0.2) is 41.0 Å². The Bertz CT molecular complexity index is 821. The third-order valence-corrected chi connectivity index (χ3v) is 3.26. The van der Waals surface area contributed by atoms with E-state index < -0.39 is 4.92 Å². The molecule has 0 amide bonds. The highest BCUT2D eigenvalue weighted by atomic mass is 16.6. The number of nitro groups is 1. The Labute approximate surface area is 115 Å². The smallest absolute Gasteiger partial charge is 0.315 e. The summed E-state index contributed by atoms with van der Waals surface area (Å²) in [4.78, 5) is 15.1. The van der Waals surface area contributed by atoms with Crippen molar-refractivity contribution in [2.24, 2.45) is 0 Å². The summed E-state index contributed by atoms with van der Waals surface area (Å²) >= 11 is 0. The van der Waals surface area contributed by atoms with Crippen LogP contribution in [0.3, 0.4) is 0 Å². The number of aryl methyl sites for hydroxylation is 2. The fourth-order valence-corrected chi connectivity index (χ4v) is 2.36. The maximum Gasteiger partial charge on any atom is 0.315 e. The molecule has 100 valence electrons. The van der Waals surface area contributed by atoms with Gasteiger partial charge in [0.25, 0.3) is 0 Å². The van der Waals surface area contributed by atoms with Crippen LogP contribution >= 0.6 is 0 Å². The van der Waals surface area contributed by atoms with Crippen LogP contribution in [0.2, 0.25) is 0 Å². The standard InChI is InChI=1S/C15H12N2O3/c1-9-4-3-5-11-12(8-10(2)16-14(9)11)15-13(17(18)19)6-7-20-15/h3-8H,1-2H3. The van der Waals surface area contributed by atoms with Crippen molar-refractivity contribution in [1.82, 2.24) is 4.98 Å². The van der Waals surface area contributed by atoms with E-state index in [1.54, 1.807) is 0 Å². The Morgan fingerprint density at radius 1 is 1.25 bits per heavy atom. The number of nitrogens with zero attached hydrogens (tertiary/aromatic N) is 2. The predicted molar refractivity (Wildman–Crippen MR) is 75.6 cm³/mol. The van der Waals surface area contributed by atoms with Gasteiger partial charge in [0.15, 0.2) is 0 Å². The van der Waals surface area contributed by atoms with E-state index in [1.807, 2.05) is 38.1 Å². The summed E-state index contributed by atoms with van der Waals surface area (Å²) < 4.78 is 5.35. The molecule has 2 heterocycles. The molecular formula is C15H12N2O3. The topological polar surface area (TPSA) is 69.2 Å². The first-order valence-electron chi connectivity index (χ1n) is 6.17. The number of furan rings is 1. The average Bonchev–Trinajstić information content (AvgIpc) is 2.88. The van der Waals surface area contributed by atoms with Crippen molar-refractivity contribution in [3.8, 4) is 11.3 Å². The van der Waals surface area contributed by atoms with Gasteiger partial charge < -0.3 is 4.42 Å². The Morgan fingerprint density at radius 2 is 2.05 bits per heavy atom. The monoisotopic (exact) mass is 268 g/mol. The summed E-state index contributed by atoms with van der Waals surface area (Å²) in [6, 6.07) is 8.96. The molecule has 20 heavy (non-hydrogen) atoms. The first-order valence-corrected chi connectivity index (χ1v) is 6.17. The molecule has 2 aromatic heterocycles. The van der Waals surface area contributed by atoms with Gasteiger partial charge in [0.1, 0.15) is 0 Å². The van der Waals surface area contributed by atoms with Gasteiger partial charge in [0.05, 0.1) is 22.8 Å². The van der Waals surface area contributed by atoms with Gasteiger partial charge in [0.2, 0.25) is 5.76 Å². The number of hydrogen-bond donors (Lipinski definition) is 0. The first kappa shape index (κ1) is 12.3. The zero-order valence-electron chi connectivity index (χ0n) is 11.1. The summed E-state index contributed by atoms with van der Waals surface area (Å²) in [5.74, 6) is 0.274. The molecule has 0 saturated heterocycles. The fraction of sp³-hybridized carbons (Fsp3) is 0.133. The number of para-hydroxylation sites is 1. The zero-order chi connectivity index (χ0) is 14.3. The van der Waals surface area contributed by atoms with Gasteiger partial charge in [-0.05, 0) is 25.5 Å². The number of hydrogen-bond acceptors (Lipinski definition) is 4. The Balaban J connectivity index is 2.39. The van der Waals surface area contributed by atoms with Gasteiger partial charge in [-0.25, -0.2) is 0 Å². The van der Waals surface area contributed by atoms with Crippen LogP contribution in [0.4, 0.5) is 5.69 Å². The molecule has 0 aliphatic rings. The van der Waals surface area contributed by atoms with E-state index >= 15 is 0 Å². The predicted octanol–water partition coefficient (Wildman–Crippen LogP) is 4.02. The summed E-state index contributed by atoms with van der Waals surface area (Å²) in [6.45, 7) is 3.83. The minimum atomic E-state index is -0.434. The van der Waals surface area contributed by atoms with Gasteiger partial charge in [-0.15, -0.1) is 0 Å². The largest absolute Gasteiger partial charge is 0.457 e. The second-order valence-electron chi connectivity index (χ2n) is 4.67. The number of fused-ring (bicyclic) bond motifs is 1. The lowest BCUT2D eigenvalue weighted by Crippen LogP contribution is -1.93. The molecule has 0 aliphatic heterocycles. The molecular weight excluding hydrogens is 256 g/mol. The van der Waals surface area contributed by atoms with Crippen molar-refractivity contribution < 1.29 is 9.34 Å². The second kappa shape index (κ2) is 4.45. The number of aromatic nitrogens is 1. The van der Waals surface area contributed by atoms with Crippen molar-refractivity contribution in [3.63, 3.8) is 0 Å². The summed E-state index contributed by atoms with van der Waals surface area (Å²) in [7, 11) is 0. The van der Waals surface area contributed by atoms with Crippen LogP contribution in [-0.4, -0.2) is 9.91 Å². The summed E-state index contributed by atoms with van der Waals surface area (Å²) in [6.07, 6.45) is 1.34. The molecule has 0 aliphatic carbocycles. The molecule has 0 unspecified atom stereocenters. The van der Waals surface area contributed by atoms with Gasteiger partial charge in [0, 0.05) is 16.6 Å². The van der Waals surface area contributed by atoms with Gasteiger partial charge in [-0.1, -0.05) is 18.2 Å². The molecule has 1 aromatic carbocycles. The van der Waals surface area contributed by atoms with Gasteiger partial charge in [-0.2, -0.15) is 0 Å². The molecule has 0 spiro atoms. The Morgan fingerprint density at radius 3 is 2.80 bits per heavy atom. The van der Waals surface area contributed by atoms with E-state index in [4.69, 9.17) is 4.42 Å². The first-order chi connectivity index (χ1) is 9.58. The van der Waals surface area contributed by atoms with E-state index in [0.717, 1.165) is 22.2 Å². The van der Waals surface area contributed by atoms with Crippen LogP contribution < -0.4 is 0 Å². The molecule has 3 rings (SSSR count). The van der Waals surface area contributed by atoms with Crippen LogP contribution in [0.5, 0.6) is 0 Å².